The number of carbonyl (C=O) groups excluding carboxylic acids is 2. The van der Waals surface area contributed by atoms with Gasteiger partial charge in [0, 0.05) is 22.4 Å². The molecule has 0 radical (unpaired) electrons. The zero-order chi connectivity index (χ0) is 31.9. The Bertz CT molecular complexity index is 1640. The molecular formula is C36H40FNO7. The van der Waals surface area contributed by atoms with Crippen molar-refractivity contribution in [2.45, 2.75) is 77.2 Å². The number of ether oxygens (including phenoxy) is 3. The molecule has 0 bridgehead atoms. The van der Waals surface area contributed by atoms with Crippen molar-refractivity contribution in [1.82, 2.24) is 0 Å². The highest BCUT2D eigenvalue weighted by Crippen LogP contribution is 2.70. The highest BCUT2D eigenvalue weighted by Gasteiger charge is 2.76. The van der Waals surface area contributed by atoms with E-state index in [2.05, 4.69) is 6.92 Å². The summed E-state index contributed by atoms with van der Waals surface area (Å²) in [4.78, 5) is 26.0. The van der Waals surface area contributed by atoms with Crippen molar-refractivity contribution < 1.29 is 38.4 Å². The van der Waals surface area contributed by atoms with Crippen LogP contribution in [0.2, 0.25) is 0 Å². The van der Waals surface area contributed by atoms with Crippen molar-refractivity contribution in [1.29, 1.82) is 0 Å². The lowest BCUT2D eigenvalue weighted by Crippen LogP contribution is -2.63. The summed E-state index contributed by atoms with van der Waals surface area (Å²) in [6.07, 6.45) is 4.67. The zero-order valence-corrected chi connectivity index (χ0v) is 25.8. The first-order valence-corrected chi connectivity index (χ1v) is 15.8. The van der Waals surface area contributed by atoms with Crippen LogP contribution in [0.15, 0.2) is 60.2 Å². The van der Waals surface area contributed by atoms with Gasteiger partial charge in [0.25, 0.3) is 0 Å². The Kier molecular flexibility index (Phi) is 7.13. The molecule has 2 aromatic rings. The van der Waals surface area contributed by atoms with Gasteiger partial charge in [-0.05, 0) is 85.9 Å². The molecule has 9 atom stereocenters. The zero-order valence-electron chi connectivity index (χ0n) is 25.8. The van der Waals surface area contributed by atoms with E-state index in [0.29, 0.717) is 17.7 Å². The molecule has 1 saturated heterocycles. The number of allylic oxidation sites excluding steroid dienone is 4. The van der Waals surface area contributed by atoms with Crippen LogP contribution in [0.3, 0.4) is 0 Å². The molecule has 0 spiro atoms. The minimum absolute atomic E-state index is 0.0168. The van der Waals surface area contributed by atoms with Gasteiger partial charge in [0.15, 0.2) is 35.0 Å². The lowest BCUT2D eigenvalue weighted by Gasteiger charge is -2.59. The van der Waals surface area contributed by atoms with E-state index in [4.69, 9.17) is 19.9 Å². The molecule has 45 heavy (non-hydrogen) atoms. The molecule has 0 amide bonds. The van der Waals surface area contributed by atoms with Gasteiger partial charge in [-0.2, -0.15) is 0 Å². The van der Waals surface area contributed by atoms with Crippen LogP contribution in [-0.4, -0.2) is 46.2 Å². The number of aliphatic hydroxyl groups is 2. The first-order valence-electron chi connectivity index (χ1n) is 15.8. The van der Waals surface area contributed by atoms with Gasteiger partial charge >= 0.3 is 0 Å². The quantitative estimate of drug-likeness (QED) is 0.391. The predicted molar refractivity (Wildman–Crippen MR) is 163 cm³/mol. The smallest absolute Gasteiger partial charge is 0.193 e. The van der Waals surface area contributed by atoms with E-state index in [1.165, 1.54) is 0 Å². The third kappa shape index (κ3) is 4.31. The summed E-state index contributed by atoms with van der Waals surface area (Å²) in [6, 6.07) is 10.4. The number of benzene rings is 2. The normalized spacial score (nSPS) is 38.2. The van der Waals surface area contributed by atoms with E-state index >= 15 is 4.39 Å². The van der Waals surface area contributed by atoms with Crippen LogP contribution >= 0.6 is 0 Å². The Morgan fingerprint density at radius 2 is 2.02 bits per heavy atom. The molecule has 0 unspecified atom stereocenters. The number of nitrogen functional groups attached to an aromatic ring is 1. The number of ketones is 2. The van der Waals surface area contributed by atoms with E-state index in [0.717, 1.165) is 24.0 Å². The molecule has 5 aliphatic rings. The number of rotatable bonds is 6. The number of fused-ring (bicyclic) bond motifs is 7. The number of aryl methyl sites for hydroxylation is 1. The first kappa shape index (κ1) is 30.3. The molecular weight excluding hydrogens is 577 g/mol. The van der Waals surface area contributed by atoms with Gasteiger partial charge in [-0.25, -0.2) is 4.39 Å². The highest BCUT2D eigenvalue weighted by molar-refractivity contribution is 6.01. The number of aliphatic hydroxyl groups excluding tert-OH is 2. The number of Topliss-reactive ketones (excluding diaryl/α,β-unsaturated/α-hetero) is 1. The van der Waals surface area contributed by atoms with E-state index < -0.39 is 53.1 Å². The average Bonchev–Trinajstić information content (AvgIpc) is 3.49. The van der Waals surface area contributed by atoms with Gasteiger partial charge in [-0.15, -0.1) is 0 Å². The van der Waals surface area contributed by atoms with Crippen LogP contribution in [-0.2, 0) is 25.7 Å². The lowest BCUT2D eigenvalue weighted by molar-refractivity contribution is -0.201. The standard InChI is InChI=1S/C36H40FNO7/c1-19-7-10-27(43-18-20-5-4-6-22(38)13-20)32(37)30(19)33-44-29-15-25-24-9-8-21-14-23(40)11-12-34(21,2)31(24)26(41)16-35(25,3)36(29,45-33)28(42)17-39/h4-7,10-14,24-26,29,31,33,39,41H,8-9,15-18,38H2,1-3H3/t24-,25-,26-,29+,31+,33-,34-,35-,36+/m0/s1. The van der Waals surface area contributed by atoms with Crippen LogP contribution in [0.25, 0.3) is 0 Å². The van der Waals surface area contributed by atoms with Crippen LogP contribution in [0.4, 0.5) is 10.1 Å². The fourth-order valence-corrected chi connectivity index (χ4v) is 9.73. The molecule has 2 aromatic carbocycles. The Hall–Kier alpha value is -3.37. The molecule has 3 saturated carbocycles. The molecule has 1 heterocycles. The summed E-state index contributed by atoms with van der Waals surface area (Å²) in [7, 11) is 0. The summed E-state index contributed by atoms with van der Waals surface area (Å²) in [5.41, 5.74) is 6.07. The van der Waals surface area contributed by atoms with Gasteiger partial charge in [-0.3, -0.25) is 9.59 Å². The molecule has 8 nitrogen and oxygen atoms in total. The Morgan fingerprint density at radius 3 is 2.78 bits per heavy atom. The molecule has 238 valence electrons. The van der Waals surface area contributed by atoms with E-state index in [1.807, 2.05) is 19.1 Å². The molecule has 1 aliphatic heterocycles. The summed E-state index contributed by atoms with van der Waals surface area (Å²) < 4.78 is 35.1. The van der Waals surface area contributed by atoms with Crippen LogP contribution in [0.1, 0.15) is 62.5 Å². The Morgan fingerprint density at radius 1 is 1.22 bits per heavy atom. The van der Waals surface area contributed by atoms with Crippen molar-refractivity contribution in [2.24, 2.45) is 28.6 Å². The fraction of sp³-hybridized carbons (Fsp3) is 0.500. The number of hydrogen-bond acceptors (Lipinski definition) is 8. The SMILES string of the molecule is Cc1ccc(OCc2cccc(N)c2)c(F)c1[C@H]1O[C@@H]2C[C@H]3[C@@H]4CCC5=CC(=O)C=C[C@]5(C)[C@H]4[C@@H](O)C[C@]3(C)[C@]2(C(=O)CO)O1. The Balaban J connectivity index is 1.21. The predicted octanol–water partition coefficient (Wildman–Crippen LogP) is 4.90. The first-order chi connectivity index (χ1) is 21.4. The third-order valence-electron chi connectivity index (χ3n) is 11.7. The van der Waals surface area contributed by atoms with Crippen molar-refractivity contribution >= 4 is 17.3 Å². The largest absolute Gasteiger partial charge is 0.486 e. The van der Waals surface area contributed by atoms with E-state index in [9.17, 15) is 19.8 Å². The molecule has 4 N–H and O–H groups in total. The summed E-state index contributed by atoms with van der Waals surface area (Å²) in [6.45, 7) is 5.13. The second-order valence-electron chi connectivity index (χ2n) is 14.0. The molecule has 0 aromatic heterocycles. The number of halogens is 1. The minimum Gasteiger partial charge on any atom is -0.486 e. The second-order valence-corrected chi connectivity index (χ2v) is 14.0. The van der Waals surface area contributed by atoms with Gasteiger partial charge in [0.1, 0.15) is 13.2 Å². The lowest BCUT2D eigenvalue weighted by atomic mass is 9.46. The van der Waals surface area contributed by atoms with E-state index in [-0.39, 0.29) is 47.9 Å². The molecule has 4 fully saturated rings. The van der Waals surface area contributed by atoms with Crippen LogP contribution in [0, 0.1) is 41.3 Å². The van der Waals surface area contributed by atoms with Crippen LogP contribution < -0.4 is 10.5 Å². The van der Waals surface area contributed by atoms with Gasteiger partial charge in [-0.1, -0.05) is 43.7 Å². The fourth-order valence-electron chi connectivity index (χ4n) is 9.73. The van der Waals surface area contributed by atoms with Crippen molar-refractivity contribution in [3.8, 4) is 5.75 Å². The summed E-state index contributed by atoms with van der Waals surface area (Å²) in [5.74, 6) is -1.36. The Labute approximate surface area is 262 Å². The number of hydrogen-bond donors (Lipinski definition) is 3. The average molecular weight is 618 g/mol. The van der Waals surface area contributed by atoms with E-state index in [1.54, 1.807) is 49.4 Å². The topological polar surface area (TPSA) is 128 Å². The number of carbonyl (C=O) groups is 2. The maximum Gasteiger partial charge on any atom is 0.193 e. The van der Waals surface area contributed by atoms with Crippen LogP contribution in [0.5, 0.6) is 5.75 Å². The van der Waals surface area contributed by atoms with Crippen molar-refractivity contribution in [3.63, 3.8) is 0 Å². The number of anilines is 1. The maximum atomic E-state index is 16.2. The molecule has 9 heteroatoms. The van der Waals surface area contributed by atoms with Gasteiger partial charge in [0.2, 0.25) is 0 Å². The van der Waals surface area contributed by atoms with Gasteiger partial charge in [0.05, 0.1) is 17.8 Å². The van der Waals surface area contributed by atoms with Crippen molar-refractivity contribution in [3.05, 3.63) is 82.7 Å². The summed E-state index contributed by atoms with van der Waals surface area (Å²) in [5, 5.41) is 22.1. The molecule has 4 aliphatic carbocycles. The van der Waals surface area contributed by atoms with Crippen molar-refractivity contribution in [2.75, 3.05) is 12.3 Å². The highest BCUT2D eigenvalue weighted by atomic mass is 19.1. The summed E-state index contributed by atoms with van der Waals surface area (Å²) >= 11 is 0. The minimum atomic E-state index is -1.57. The number of nitrogens with two attached hydrogens (primary N) is 1. The molecule has 7 rings (SSSR count). The maximum absolute atomic E-state index is 16.2. The second kappa shape index (κ2) is 10.6. The monoisotopic (exact) mass is 617 g/mol. The third-order valence-corrected chi connectivity index (χ3v) is 11.7. The van der Waals surface area contributed by atoms with Gasteiger partial charge < -0.3 is 30.2 Å².